The Labute approximate surface area is 162 Å². The largest absolute Gasteiger partial charge is 0.297 e. The lowest BCUT2D eigenvalue weighted by atomic mass is 10.1. The zero-order chi connectivity index (χ0) is 17.9. The van der Waals surface area contributed by atoms with Crippen molar-refractivity contribution in [3.05, 3.63) is 57.0 Å². The number of aromatic nitrogens is 3. The normalized spacial score (nSPS) is 16.2. The quantitative estimate of drug-likeness (QED) is 0.679. The molecule has 5 nitrogen and oxygen atoms in total. The van der Waals surface area contributed by atoms with Gasteiger partial charge in [0.05, 0.1) is 6.67 Å². The summed E-state index contributed by atoms with van der Waals surface area (Å²) in [6.07, 6.45) is 0. The minimum absolute atomic E-state index is 0.612. The molecule has 0 saturated carbocycles. The Morgan fingerprint density at radius 3 is 2.50 bits per heavy atom. The minimum Gasteiger partial charge on any atom is -0.297 e. The van der Waals surface area contributed by atoms with Crippen LogP contribution >= 0.6 is 23.6 Å². The van der Waals surface area contributed by atoms with Gasteiger partial charge < -0.3 is 0 Å². The lowest BCUT2D eigenvalue weighted by Crippen LogP contribution is -2.46. The highest BCUT2D eigenvalue weighted by Crippen LogP contribution is 2.16. The van der Waals surface area contributed by atoms with Crippen LogP contribution in [0.4, 0.5) is 0 Å². The SMILES string of the molecule is Cc1ccc(-c2nc(=S)n(CN3CCN(Cc4ccsc4)CC3)[nH]2)cc1. The third-order valence-electron chi connectivity index (χ3n) is 4.80. The summed E-state index contributed by atoms with van der Waals surface area (Å²) in [6.45, 7) is 8.17. The molecular weight excluding hydrogens is 362 g/mol. The first-order valence-electron chi connectivity index (χ1n) is 8.87. The van der Waals surface area contributed by atoms with Gasteiger partial charge in [0.1, 0.15) is 0 Å². The molecule has 136 valence electrons. The molecule has 0 spiro atoms. The van der Waals surface area contributed by atoms with Crippen LogP contribution in [0.1, 0.15) is 11.1 Å². The molecule has 1 N–H and O–H groups in total. The summed E-state index contributed by atoms with van der Waals surface area (Å²) in [5.74, 6) is 0.839. The van der Waals surface area contributed by atoms with E-state index in [1.165, 1.54) is 11.1 Å². The van der Waals surface area contributed by atoms with E-state index in [1.807, 2.05) is 4.68 Å². The molecule has 1 aliphatic rings. The highest BCUT2D eigenvalue weighted by molar-refractivity contribution is 7.71. The summed E-state index contributed by atoms with van der Waals surface area (Å²) in [5.41, 5.74) is 3.73. The van der Waals surface area contributed by atoms with Gasteiger partial charge in [-0.3, -0.25) is 14.9 Å². The molecule has 0 unspecified atom stereocenters. The van der Waals surface area contributed by atoms with Gasteiger partial charge in [0.2, 0.25) is 4.77 Å². The number of nitrogens with zero attached hydrogens (tertiary/aromatic N) is 4. The smallest absolute Gasteiger partial charge is 0.217 e. The fraction of sp³-hybridized carbons (Fsp3) is 0.368. The van der Waals surface area contributed by atoms with Gasteiger partial charge in [-0.15, -0.1) is 0 Å². The second-order valence-corrected chi connectivity index (χ2v) is 7.96. The summed E-state index contributed by atoms with van der Waals surface area (Å²) in [7, 11) is 0. The average Bonchev–Trinajstić information content (AvgIpc) is 3.28. The van der Waals surface area contributed by atoms with Crippen molar-refractivity contribution in [3.8, 4) is 11.4 Å². The molecule has 1 saturated heterocycles. The van der Waals surface area contributed by atoms with Crippen LogP contribution in [0.5, 0.6) is 0 Å². The van der Waals surface area contributed by atoms with Crippen molar-refractivity contribution in [3.63, 3.8) is 0 Å². The van der Waals surface area contributed by atoms with E-state index < -0.39 is 0 Å². The Hall–Kier alpha value is -1.80. The number of hydrogen-bond acceptors (Lipinski definition) is 5. The van der Waals surface area contributed by atoms with Crippen LogP contribution in [0, 0.1) is 11.7 Å². The highest BCUT2D eigenvalue weighted by atomic mass is 32.1. The monoisotopic (exact) mass is 385 g/mol. The Kier molecular flexibility index (Phi) is 5.31. The van der Waals surface area contributed by atoms with E-state index in [-0.39, 0.29) is 0 Å². The van der Waals surface area contributed by atoms with Crippen LogP contribution in [0.3, 0.4) is 0 Å². The molecule has 3 aromatic rings. The molecular formula is C19H23N5S2. The van der Waals surface area contributed by atoms with Crippen molar-refractivity contribution >= 4 is 23.6 Å². The first kappa shape index (κ1) is 17.6. The molecule has 0 bridgehead atoms. The zero-order valence-electron chi connectivity index (χ0n) is 14.9. The summed E-state index contributed by atoms with van der Waals surface area (Å²) in [6, 6.07) is 10.6. The molecule has 1 fully saturated rings. The highest BCUT2D eigenvalue weighted by Gasteiger charge is 2.18. The van der Waals surface area contributed by atoms with Crippen molar-refractivity contribution in [2.75, 3.05) is 26.2 Å². The van der Waals surface area contributed by atoms with Gasteiger partial charge in [0, 0.05) is 38.3 Å². The van der Waals surface area contributed by atoms with Crippen LogP contribution in [0.15, 0.2) is 41.1 Å². The lowest BCUT2D eigenvalue weighted by Gasteiger charge is -2.34. The molecule has 0 atom stereocenters. The Morgan fingerprint density at radius 1 is 1.08 bits per heavy atom. The second-order valence-electron chi connectivity index (χ2n) is 6.82. The number of rotatable bonds is 5. The van der Waals surface area contributed by atoms with Crippen LogP contribution in [0.2, 0.25) is 0 Å². The fourth-order valence-electron chi connectivity index (χ4n) is 3.22. The molecule has 2 aromatic heterocycles. The van der Waals surface area contributed by atoms with E-state index in [9.17, 15) is 0 Å². The maximum Gasteiger partial charge on any atom is 0.217 e. The first-order chi connectivity index (χ1) is 12.7. The standard InChI is InChI=1S/C19H23N5S2/c1-15-2-4-17(5-3-15)18-20-19(25)24(21-18)14-23-9-7-22(8-10-23)12-16-6-11-26-13-16/h2-6,11,13H,7-10,12,14H2,1H3,(H,20,21,25). The summed E-state index contributed by atoms with van der Waals surface area (Å²) in [5, 5.41) is 7.75. The molecule has 26 heavy (non-hydrogen) atoms. The van der Waals surface area contributed by atoms with E-state index in [0.29, 0.717) is 4.77 Å². The third-order valence-corrected chi connectivity index (χ3v) is 5.84. The van der Waals surface area contributed by atoms with Gasteiger partial charge in [-0.1, -0.05) is 29.8 Å². The summed E-state index contributed by atoms with van der Waals surface area (Å²) in [4.78, 5) is 9.47. The van der Waals surface area contributed by atoms with Crippen molar-refractivity contribution in [1.29, 1.82) is 0 Å². The average molecular weight is 386 g/mol. The zero-order valence-corrected chi connectivity index (χ0v) is 16.5. The lowest BCUT2D eigenvalue weighted by molar-refractivity contribution is 0.0983. The van der Waals surface area contributed by atoms with E-state index >= 15 is 0 Å². The van der Waals surface area contributed by atoms with E-state index in [0.717, 1.165) is 50.8 Å². The molecule has 7 heteroatoms. The fourth-order valence-corrected chi connectivity index (χ4v) is 4.08. The Morgan fingerprint density at radius 2 is 1.81 bits per heavy atom. The van der Waals surface area contributed by atoms with Gasteiger partial charge in [-0.05, 0) is 41.5 Å². The van der Waals surface area contributed by atoms with Gasteiger partial charge in [-0.25, -0.2) is 4.68 Å². The number of thiophene rings is 1. The van der Waals surface area contributed by atoms with Gasteiger partial charge in [-0.2, -0.15) is 16.3 Å². The van der Waals surface area contributed by atoms with E-state index in [4.69, 9.17) is 12.2 Å². The van der Waals surface area contributed by atoms with E-state index in [1.54, 1.807) is 11.3 Å². The number of benzene rings is 1. The molecule has 4 rings (SSSR count). The van der Waals surface area contributed by atoms with E-state index in [2.05, 4.69) is 67.9 Å². The van der Waals surface area contributed by atoms with Gasteiger partial charge in [0.25, 0.3) is 0 Å². The number of H-pyrrole nitrogens is 1. The molecule has 3 heterocycles. The third kappa shape index (κ3) is 4.12. The van der Waals surface area contributed by atoms with Crippen molar-refractivity contribution in [1.82, 2.24) is 24.6 Å². The number of piperazine rings is 1. The van der Waals surface area contributed by atoms with Crippen molar-refractivity contribution in [2.45, 2.75) is 20.1 Å². The second kappa shape index (κ2) is 7.84. The van der Waals surface area contributed by atoms with Crippen LogP contribution in [-0.4, -0.2) is 50.7 Å². The number of hydrogen-bond donors (Lipinski definition) is 1. The predicted octanol–water partition coefficient (Wildman–Crippen LogP) is 3.75. The molecule has 0 aliphatic carbocycles. The number of aromatic amines is 1. The maximum atomic E-state index is 5.45. The van der Waals surface area contributed by atoms with Crippen molar-refractivity contribution in [2.24, 2.45) is 0 Å². The maximum absolute atomic E-state index is 5.45. The van der Waals surface area contributed by atoms with Crippen molar-refractivity contribution < 1.29 is 0 Å². The van der Waals surface area contributed by atoms with Crippen LogP contribution < -0.4 is 0 Å². The molecule has 0 radical (unpaired) electrons. The van der Waals surface area contributed by atoms with Crippen LogP contribution in [-0.2, 0) is 13.2 Å². The Balaban J connectivity index is 1.36. The van der Waals surface area contributed by atoms with Crippen LogP contribution in [0.25, 0.3) is 11.4 Å². The summed E-state index contributed by atoms with van der Waals surface area (Å²) >= 11 is 7.22. The topological polar surface area (TPSA) is 40.1 Å². The number of nitrogens with one attached hydrogen (secondary N) is 1. The Bertz CT molecular complexity index is 887. The molecule has 1 aliphatic heterocycles. The predicted molar refractivity (Wildman–Crippen MR) is 109 cm³/mol. The summed E-state index contributed by atoms with van der Waals surface area (Å²) < 4.78 is 2.58. The molecule has 0 amide bonds. The van der Waals surface area contributed by atoms with Gasteiger partial charge in [0.15, 0.2) is 5.82 Å². The van der Waals surface area contributed by atoms with Gasteiger partial charge >= 0.3 is 0 Å². The minimum atomic E-state index is 0.612. The first-order valence-corrected chi connectivity index (χ1v) is 10.2. The number of aryl methyl sites for hydroxylation is 1. The molecule has 1 aromatic carbocycles.